The van der Waals surface area contributed by atoms with Gasteiger partial charge in [0.15, 0.2) is 0 Å². The van der Waals surface area contributed by atoms with Gasteiger partial charge in [-0.05, 0) is 17.7 Å². The van der Waals surface area contributed by atoms with Gasteiger partial charge in [-0.1, -0.05) is 12.1 Å². The van der Waals surface area contributed by atoms with E-state index in [0.717, 1.165) is 5.56 Å². The van der Waals surface area contributed by atoms with Crippen molar-refractivity contribution in [3.8, 4) is 5.75 Å². The number of carbonyl (C=O) groups excluding carboxylic acids is 1. The monoisotopic (exact) mass is 192 g/mol. The minimum Gasteiger partial charge on any atom is -0.508 e. The molecule has 4 N–H and O–H groups in total. The topological polar surface area (TPSA) is 75.4 Å². The van der Waals surface area contributed by atoms with Crippen LogP contribution in [0.4, 0.5) is 0 Å². The summed E-state index contributed by atoms with van der Waals surface area (Å²) < 4.78 is 0. The largest absolute Gasteiger partial charge is 0.508 e. The molecule has 74 valence electrons. The van der Waals surface area contributed by atoms with Crippen molar-refractivity contribution in [2.24, 2.45) is 5.73 Å². The van der Waals surface area contributed by atoms with E-state index in [-0.39, 0.29) is 23.7 Å². The summed E-state index contributed by atoms with van der Waals surface area (Å²) >= 11 is 0. The highest BCUT2D eigenvalue weighted by Gasteiger charge is 2.30. The summed E-state index contributed by atoms with van der Waals surface area (Å²) in [6.45, 7) is 0. The zero-order valence-corrected chi connectivity index (χ0v) is 7.60. The Hall–Kier alpha value is -1.55. The van der Waals surface area contributed by atoms with E-state index in [9.17, 15) is 9.90 Å². The number of amides is 1. The number of nitrogens with two attached hydrogens (primary N) is 1. The van der Waals surface area contributed by atoms with E-state index >= 15 is 0 Å². The molecule has 0 radical (unpaired) electrons. The number of hydrogen-bond acceptors (Lipinski definition) is 3. The third-order valence-electron chi connectivity index (χ3n) is 2.40. The molecule has 1 aliphatic heterocycles. The average molecular weight is 192 g/mol. The summed E-state index contributed by atoms with van der Waals surface area (Å²) in [6.07, 6.45) is 0.348. The molecule has 1 heterocycles. The number of phenols is 1. The van der Waals surface area contributed by atoms with Crippen LogP contribution in [-0.4, -0.2) is 17.1 Å². The Balaban J connectivity index is 2.27. The second-order valence-electron chi connectivity index (χ2n) is 3.51. The van der Waals surface area contributed by atoms with Crippen molar-refractivity contribution in [2.75, 3.05) is 0 Å². The summed E-state index contributed by atoms with van der Waals surface area (Å²) in [7, 11) is 0. The van der Waals surface area contributed by atoms with E-state index < -0.39 is 0 Å². The summed E-state index contributed by atoms with van der Waals surface area (Å²) in [6, 6.07) is 6.42. The van der Waals surface area contributed by atoms with Crippen LogP contribution < -0.4 is 11.1 Å². The van der Waals surface area contributed by atoms with Crippen molar-refractivity contribution in [1.29, 1.82) is 0 Å². The van der Waals surface area contributed by atoms with Gasteiger partial charge < -0.3 is 16.2 Å². The highest BCUT2D eigenvalue weighted by atomic mass is 16.3. The van der Waals surface area contributed by atoms with Gasteiger partial charge in [-0.3, -0.25) is 4.79 Å². The lowest BCUT2D eigenvalue weighted by Gasteiger charge is -2.15. The van der Waals surface area contributed by atoms with Gasteiger partial charge in [0.05, 0.1) is 6.04 Å². The molecule has 1 aromatic rings. The van der Waals surface area contributed by atoms with Crippen molar-refractivity contribution >= 4 is 5.91 Å². The number of rotatable bonds is 1. The second kappa shape index (κ2) is 3.31. The molecule has 2 unspecified atom stereocenters. The number of aromatic hydroxyl groups is 1. The quantitative estimate of drug-likeness (QED) is 0.598. The van der Waals surface area contributed by atoms with E-state index in [4.69, 9.17) is 5.73 Å². The van der Waals surface area contributed by atoms with Crippen LogP contribution in [0.5, 0.6) is 5.75 Å². The molecular weight excluding hydrogens is 180 g/mol. The Labute approximate surface area is 81.7 Å². The van der Waals surface area contributed by atoms with E-state index in [0.29, 0.717) is 6.42 Å². The maximum Gasteiger partial charge on any atom is 0.222 e. The lowest BCUT2D eigenvalue weighted by molar-refractivity contribution is -0.119. The van der Waals surface area contributed by atoms with Crippen LogP contribution in [0.3, 0.4) is 0 Å². The van der Waals surface area contributed by atoms with Crippen LogP contribution in [0.15, 0.2) is 24.3 Å². The molecule has 1 saturated heterocycles. The Morgan fingerprint density at radius 3 is 2.86 bits per heavy atom. The Kier molecular flexibility index (Phi) is 2.13. The van der Waals surface area contributed by atoms with Gasteiger partial charge in [-0.25, -0.2) is 0 Å². The first kappa shape index (κ1) is 9.02. The van der Waals surface area contributed by atoms with Crippen LogP contribution in [0.1, 0.15) is 18.0 Å². The zero-order chi connectivity index (χ0) is 10.1. The minimum absolute atomic E-state index is 0.0363. The third kappa shape index (κ3) is 1.56. The molecule has 4 heteroatoms. The summed E-state index contributed by atoms with van der Waals surface area (Å²) in [5.41, 5.74) is 6.64. The van der Waals surface area contributed by atoms with E-state index in [1.165, 1.54) is 0 Å². The van der Waals surface area contributed by atoms with Crippen molar-refractivity contribution in [2.45, 2.75) is 18.5 Å². The first-order valence-corrected chi connectivity index (χ1v) is 4.50. The molecule has 1 amide bonds. The van der Waals surface area contributed by atoms with Gasteiger partial charge in [0.2, 0.25) is 5.91 Å². The molecule has 2 rings (SSSR count). The fourth-order valence-electron chi connectivity index (χ4n) is 1.72. The van der Waals surface area contributed by atoms with Gasteiger partial charge in [0, 0.05) is 12.5 Å². The molecule has 1 aromatic carbocycles. The number of benzene rings is 1. The molecule has 1 aliphatic rings. The Morgan fingerprint density at radius 1 is 1.50 bits per heavy atom. The molecule has 4 nitrogen and oxygen atoms in total. The van der Waals surface area contributed by atoms with Crippen molar-refractivity contribution in [3.63, 3.8) is 0 Å². The van der Waals surface area contributed by atoms with Gasteiger partial charge in [-0.2, -0.15) is 0 Å². The molecule has 14 heavy (non-hydrogen) atoms. The van der Waals surface area contributed by atoms with Crippen molar-refractivity contribution < 1.29 is 9.90 Å². The minimum atomic E-state index is -0.204. The first-order chi connectivity index (χ1) is 6.66. The second-order valence-corrected chi connectivity index (χ2v) is 3.51. The average Bonchev–Trinajstić information content (AvgIpc) is 2.45. The van der Waals surface area contributed by atoms with E-state index in [1.54, 1.807) is 18.2 Å². The zero-order valence-electron chi connectivity index (χ0n) is 7.60. The summed E-state index contributed by atoms with van der Waals surface area (Å²) in [5.74, 6) is 0.154. The SMILES string of the molecule is NC1CC(=O)NC1c1cccc(O)c1. The summed E-state index contributed by atoms with van der Waals surface area (Å²) in [5, 5.41) is 12.0. The van der Waals surface area contributed by atoms with Crippen LogP contribution in [0, 0.1) is 0 Å². The maximum absolute atomic E-state index is 11.1. The van der Waals surface area contributed by atoms with Gasteiger partial charge in [0.25, 0.3) is 0 Å². The van der Waals surface area contributed by atoms with Crippen LogP contribution >= 0.6 is 0 Å². The molecule has 1 fully saturated rings. The molecule has 0 aliphatic carbocycles. The Bertz CT molecular complexity index is 365. The first-order valence-electron chi connectivity index (χ1n) is 4.50. The smallest absolute Gasteiger partial charge is 0.222 e. The van der Waals surface area contributed by atoms with Gasteiger partial charge in [0.1, 0.15) is 5.75 Å². The molecule has 0 aromatic heterocycles. The Morgan fingerprint density at radius 2 is 2.29 bits per heavy atom. The lowest BCUT2D eigenvalue weighted by atomic mass is 10.0. The molecule has 2 atom stereocenters. The molecule has 0 saturated carbocycles. The predicted octanol–water partition coefficient (Wildman–Crippen LogP) is 0.280. The van der Waals surface area contributed by atoms with Crippen LogP contribution in [0.2, 0.25) is 0 Å². The van der Waals surface area contributed by atoms with Gasteiger partial charge in [-0.15, -0.1) is 0 Å². The standard InChI is InChI=1S/C10H12N2O2/c11-8-5-9(14)12-10(8)6-2-1-3-7(13)4-6/h1-4,8,10,13H,5,11H2,(H,12,14). The predicted molar refractivity (Wildman–Crippen MR) is 51.6 cm³/mol. The fourth-order valence-corrected chi connectivity index (χ4v) is 1.72. The normalized spacial score (nSPS) is 26.2. The van der Waals surface area contributed by atoms with Crippen molar-refractivity contribution in [1.82, 2.24) is 5.32 Å². The van der Waals surface area contributed by atoms with Crippen LogP contribution in [0.25, 0.3) is 0 Å². The number of phenolic OH excluding ortho intramolecular Hbond substituents is 1. The maximum atomic E-state index is 11.1. The van der Waals surface area contributed by atoms with Gasteiger partial charge >= 0.3 is 0 Å². The molecular formula is C10H12N2O2. The number of hydrogen-bond donors (Lipinski definition) is 3. The van der Waals surface area contributed by atoms with Crippen molar-refractivity contribution in [3.05, 3.63) is 29.8 Å². The molecule has 0 spiro atoms. The number of nitrogens with one attached hydrogen (secondary N) is 1. The fraction of sp³-hybridized carbons (Fsp3) is 0.300. The number of carbonyl (C=O) groups is 1. The summed E-state index contributed by atoms with van der Waals surface area (Å²) in [4.78, 5) is 11.1. The lowest BCUT2D eigenvalue weighted by Crippen LogP contribution is -2.28. The molecule has 0 bridgehead atoms. The highest BCUT2D eigenvalue weighted by molar-refractivity contribution is 5.80. The van der Waals surface area contributed by atoms with Crippen LogP contribution in [-0.2, 0) is 4.79 Å². The van der Waals surface area contributed by atoms with E-state index in [1.807, 2.05) is 6.07 Å². The third-order valence-corrected chi connectivity index (χ3v) is 2.40. The van der Waals surface area contributed by atoms with E-state index in [2.05, 4.69) is 5.32 Å². The highest BCUT2D eigenvalue weighted by Crippen LogP contribution is 2.25.